The molecule has 0 radical (unpaired) electrons. The van der Waals surface area contributed by atoms with Crippen molar-refractivity contribution in [2.75, 3.05) is 0 Å². The van der Waals surface area contributed by atoms with E-state index >= 15 is 0 Å². The van der Waals surface area contributed by atoms with E-state index in [4.69, 9.17) is 0 Å². The first-order chi connectivity index (χ1) is 10.3. The van der Waals surface area contributed by atoms with Gasteiger partial charge >= 0.3 is 5.69 Å². The molecule has 3 rings (SSSR count). The van der Waals surface area contributed by atoms with Crippen LogP contribution in [0.2, 0.25) is 0 Å². The largest absolute Gasteiger partial charge is 0.348 e. The molecule has 0 unspecified atom stereocenters. The Bertz CT molecular complexity index is 806. The average molecular weight is 278 g/mol. The van der Waals surface area contributed by atoms with Gasteiger partial charge in [-0.3, -0.25) is 4.57 Å². The van der Waals surface area contributed by atoms with Crippen molar-refractivity contribution in [3.05, 3.63) is 65.1 Å². The fraction of sp³-hybridized carbons (Fsp3) is 0.222. The molecular formula is C18H18N2O. The van der Waals surface area contributed by atoms with Crippen LogP contribution >= 0.6 is 0 Å². The standard InChI is InChI=1S/C18H18N2O/c1-2-3-13-20-16-12-8-7-11-15(16)17(19-18(20)21)14-9-5-4-6-10-14/h4-12H,2-3,13H2,1H3. The van der Waals surface area contributed by atoms with Gasteiger partial charge in [-0.1, -0.05) is 61.9 Å². The predicted molar refractivity (Wildman–Crippen MR) is 86.3 cm³/mol. The van der Waals surface area contributed by atoms with E-state index in [1.54, 1.807) is 4.57 Å². The summed E-state index contributed by atoms with van der Waals surface area (Å²) in [6.07, 6.45) is 2.04. The molecule has 0 amide bonds. The maximum atomic E-state index is 12.4. The zero-order valence-corrected chi connectivity index (χ0v) is 12.1. The molecule has 3 heteroatoms. The fourth-order valence-corrected chi connectivity index (χ4v) is 2.58. The highest BCUT2D eigenvalue weighted by Gasteiger charge is 2.11. The number of para-hydroxylation sites is 1. The summed E-state index contributed by atoms with van der Waals surface area (Å²) in [5.41, 5.74) is 2.54. The Kier molecular flexibility index (Phi) is 3.82. The minimum absolute atomic E-state index is 0.166. The van der Waals surface area contributed by atoms with Crippen LogP contribution in [-0.2, 0) is 6.54 Å². The van der Waals surface area contributed by atoms with E-state index < -0.39 is 0 Å². The van der Waals surface area contributed by atoms with Gasteiger partial charge < -0.3 is 0 Å². The van der Waals surface area contributed by atoms with E-state index in [2.05, 4.69) is 11.9 Å². The lowest BCUT2D eigenvalue weighted by Crippen LogP contribution is -2.24. The van der Waals surface area contributed by atoms with Gasteiger partial charge in [0, 0.05) is 17.5 Å². The van der Waals surface area contributed by atoms with Gasteiger partial charge in [-0.2, -0.15) is 4.98 Å². The van der Waals surface area contributed by atoms with Gasteiger partial charge in [0.05, 0.1) is 11.2 Å². The molecule has 1 heterocycles. The van der Waals surface area contributed by atoms with E-state index in [9.17, 15) is 4.79 Å². The zero-order chi connectivity index (χ0) is 14.7. The number of nitrogens with zero attached hydrogens (tertiary/aromatic N) is 2. The second-order valence-corrected chi connectivity index (χ2v) is 5.13. The second kappa shape index (κ2) is 5.92. The molecule has 0 atom stereocenters. The molecule has 0 aliphatic rings. The number of unbranched alkanes of at least 4 members (excludes halogenated alkanes) is 1. The lowest BCUT2D eigenvalue weighted by molar-refractivity contribution is 0.620. The molecule has 0 fully saturated rings. The maximum absolute atomic E-state index is 12.4. The third-order valence-corrected chi connectivity index (χ3v) is 3.67. The van der Waals surface area contributed by atoms with Crippen molar-refractivity contribution in [1.82, 2.24) is 9.55 Å². The average Bonchev–Trinajstić information content (AvgIpc) is 2.54. The molecule has 0 spiro atoms. The number of hydrogen-bond acceptors (Lipinski definition) is 2. The molecule has 0 aliphatic carbocycles. The van der Waals surface area contributed by atoms with E-state index in [0.717, 1.165) is 41.5 Å². The second-order valence-electron chi connectivity index (χ2n) is 5.13. The first kappa shape index (κ1) is 13.6. The fourth-order valence-electron chi connectivity index (χ4n) is 2.58. The highest BCUT2D eigenvalue weighted by molar-refractivity contribution is 5.92. The van der Waals surface area contributed by atoms with Crippen LogP contribution in [0.3, 0.4) is 0 Å². The van der Waals surface area contributed by atoms with Crippen LogP contribution in [0, 0.1) is 0 Å². The molecular weight excluding hydrogens is 260 g/mol. The Morgan fingerprint density at radius 1 is 1.00 bits per heavy atom. The van der Waals surface area contributed by atoms with E-state index in [1.165, 1.54) is 0 Å². The highest BCUT2D eigenvalue weighted by Crippen LogP contribution is 2.25. The van der Waals surface area contributed by atoms with Crippen LogP contribution in [0.1, 0.15) is 19.8 Å². The van der Waals surface area contributed by atoms with Crippen LogP contribution in [0.4, 0.5) is 0 Å². The molecule has 0 aliphatic heterocycles. The number of aromatic nitrogens is 2. The van der Waals surface area contributed by atoms with Crippen molar-refractivity contribution >= 4 is 10.9 Å². The number of hydrogen-bond donors (Lipinski definition) is 0. The van der Waals surface area contributed by atoms with Gasteiger partial charge in [0.2, 0.25) is 0 Å². The van der Waals surface area contributed by atoms with E-state index in [0.29, 0.717) is 0 Å². The van der Waals surface area contributed by atoms with E-state index in [1.807, 2.05) is 54.6 Å². The van der Waals surface area contributed by atoms with Gasteiger partial charge in [0.1, 0.15) is 0 Å². The van der Waals surface area contributed by atoms with Gasteiger partial charge in [0.25, 0.3) is 0 Å². The first-order valence-corrected chi connectivity index (χ1v) is 7.36. The van der Waals surface area contributed by atoms with Gasteiger partial charge in [-0.05, 0) is 12.5 Å². The summed E-state index contributed by atoms with van der Waals surface area (Å²) in [6.45, 7) is 2.84. The SMILES string of the molecule is CCCCn1c(=O)nc(-c2ccccc2)c2ccccc21. The summed E-state index contributed by atoms with van der Waals surface area (Å²) in [4.78, 5) is 16.7. The van der Waals surface area contributed by atoms with Crippen LogP contribution in [-0.4, -0.2) is 9.55 Å². The molecule has 21 heavy (non-hydrogen) atoms. The summed E-state index contributed by atoms with van der Waals surface area (Å²) in [5, 5.41) is 1.03. The number of aryl methyl sites for hydroxylation is 1. The number of fused-ring (bicyclic) bond motifs is 1. The third kappa shape index (κ3) is 2.59. The normalized spacial score (nSPS) is 10.9. The smallest absolute Gasteiger partial charge is 0.292 e. The minimum Gasteiger partial charge on any atom is -0.292 e. The maximum Gasteiger partial charge on any atom is 0.348 e. The molecule has 3 aromatic rings. The number of benzene rings is 2. The molecule has 0 saturated carbocycles. The Morgan fingerprint density at radius 2 is 1.71 bits per heavy atom. The molecule has 2 aromatic carbocycles. The summed E-state index contributed by atoms with van der Waals surface area (Å²) in [7, 11) is 0. The molecule has 0 saturated heterocycles. The lowest BCUT2D eigenvalue weighted by atomic mass is 10.1. The predicted octanol–water partition coefficient (Wildman–Crippen LogP) is 3.86. The van der Waals surface area contributed by atoms with Crippen LogP contribution in [0.5, 0.6) is 0 Å². The summed E-state index contributed by atoms with van der Waals surface area (Å²) >= 11 is 0. The summed E-state index contributed by atoms with van der Waals surface area (Å²) in [6, 6.07) is 17.9. The molecule has 1 aromatic heterocycles. The molecule has 3 nitrogen and oxygen atoms in total. The molecule has 0 N–H and O–H groups in total. The topological polar surface area (TPSA) is 34.9 Å². The first-order valence-electron chi connectivity index (χ1n) is 7.36. The van der Waals surface area contributed by atoms with Crippen molar-refractivity contribution < 1.29 is 0 Å². The Balaban J connectivity index is 2.27. The third-order valence-electron chi connectivity index (χ3n) is 3.67. The van der Waals surface area contributed by atoms with Crippen molar-refractivity contribution in [2.45, 2.75) is 26.3 Å². The Hall–Kier alpha value is -2.42. The Morgan fingerprint density at radius 3 is 2.48 bits per heavy atom. The van der Waals surface area contributed by atoms with Crippen LogP contribution in [0.25, 0.3) is 22.2 Å². The zero-order valence-electron chi connectivity index (χ0n) is 12.1. The van der Waals surface area contributed by atoms with Crippen molar-refractivity contribution in [3.8, 4) is 11.3 Å². The highest BCUT2D eigenvalue weighted by atomic mass is 16.1. The molecule has 0 bridgehead atoms. The van der Waals surface area contributed by atoms with Crippen LogP contribution in [0.15, 0.2) is 59.4 Å². The van der Waals surface area contributed by atoms with Gasteiger partial charge in [-0.25, -0.2) is 4.79 Å². The monoisotopic (exact) mass is 278 g/mol. The summed E-state index contributed by atoms with van der Waals surface area (Å²) in [5.74, 6) is 0. The lowest BCUT2D eigenvalue weighted by Gasteiger charge is -2.12. The number of rotatable bonds is 4. The Labute approximate surface area is 123 Å². The van der Waals surface area contributed by atoms with Crippen molar-refractivity contribution in [2.24, 2.45) is 0 Å². The van der Waals surface area contributed by atoms with E-state index in [-0.39, 0.29) is 5.69 Å². The van der Waals surface area contributed by atoms with Gasteiger partial charge in [0.15, 0.2) is 0 Å². The van der Waals surface area contributed by atoms with Crippen LogP contribution < -0.4 is 5.69 Å². The van der Waals surface area contributed by atoms with Gasteiger partial charge in [-0.15, -0.1) is 0 Å². The summed E-state index contributed by atoms with van der Waals surface area (Å²) < 4.78 is 1.78. The minimum atomic E-state index is -0.166. The van der Waals surface area contributed by atoms with Crippen molar-refractivity contribution in [3.63, 3.8) is 0 Å². The van der Waals surface area contributed by atoms with Crippen molar-refractivity contribution in [1.29, 1.82) is 0 Å². The quantitative estimate of drug-likeness (QED) is 0.726. The molecule has 106 valence electrons.